The van der Waals surface area contributed by atoms with Crippen LogP contribution in [-0.4, -0.2) is 18.1 Å². The van der Waals surface area contributed by atoms with Gasteiger partial charge in [0.2, 0.25) is 0 Å². The van der Waals surface area contributed by atoms with Crippen molar-refractivity contribution >= 4 is 5.97 Å². The van der Waals surface area contributed by atoms with E-state index in [9.17, 15) is 4.79 Å². The van der Waals surface area contributed by atoms with Gasteiger partial charge in [0, 0.05) is 6.04 Å². The van der Waals surface area contributed by atoms with E-state index >= 15 is 0 Å². The molecule has 0 aliphatic carbocycles. The van der Waals surface area contributed by atoms with Gasteiger partial charge in [-0.15, -0.1) is 0 Å². The minimum Gasteiger partial charge on any atom is -0.463 e. The van der Waals surface area contributed by atoms with Crippen LogP contribution < -0.4 is 5.73 Å². The van der Waals surface area contributed by atoms with Crippen LogP contribution in [0.3, 0.4) is 0 Å². The molecule has 0 aromatic rings. The van der Waals surface area contributed by atoms with E-state index in [0.29, 0.717) is 12.3 Å². The van der Waals surface area contributed by atoms with Gasteiger partial charge < -0.3 is 10.5 Å². The summed E-state index contributed by atoms with van der Waals surface area (Å²) in [6.45, 7) is 12.6. The van der Waals surface area contributed by atoms with Gasteiger partial charge in [-0.25, -0.2) is 0 Å². The zero-order valence-electron chi connectivity index (χ0n) is 12.2. The summed E-state index contributed by atoms with van der Waals surface area (Å²) >= 11 is 0. The highest BCUT2D eigenvalue weighted by molar-refractivity contribution is 5.70. The van der Waals surface area contributed by atoms with Gasteiger partial charge in [-0.05, 0) is 31.1 Å². The lowest BCUT2D eigenvalue weighted by atomic mass is 9.87. The lowest BCUT2D eigenvalue weighted by molar-refractivity contribution is -0.149. The van der Waals surface area contributed by atoms with Crippen LogP contribution in [0.4, 0.5) is 0 Å². The highest BCUT2D eigenvalue weighted by atomic mass is 16.5. The largest absolute Gasteiger partial charge is 0.463 e. The first-order valence-electron chi connectivity index (χ1n) is 6.55. The van der Waals surface area contributed by atoms with Crippen molar-refractivity contribution in [2.24, 2.45) is 17.1 Å². The predicted octanol–water partition coefficient (Wildman–Crippen LogP) is 3.12. The maximum Gasteiger partial charge on any atom is 0.307 e. The van der Waals surface area contributed by atoms with Crippen molar-refractivity contribution in [2.45, 2.75) is 73.0 Å². The smallest absolute Gasteiger partial charge is 0.307 e. The fourth-order valence-corrected chi connectivity index (χ4v) is 2.06. The van der Waals surface area contributed by atoms with E-state index in [1.54, 1.807) is 0 Å². The quantitative estimate of drug-likeness (QED) is 0.729. The van der Waals surface area contributed by atoms with Crippen molar-refractivity contribution in [3.8, 4) is 0 Å². The first kappa shape index (κ1) is 16.4. The first-order valence-corrected chi connectivity index (χ1v) is 6.55. The summed E-state index contributed by atoms with van der Waals surface area (Å²) in [5, 5.41) is 0. The van der Waals surface area contributed by atoms with Crippen LogP contribution in [0.2, 0.25) is 0 Å². The topological polar surface area (TPSA) is 52.3 Å². The number of rotatable bonds is 6. The molecule has 0 aliphatic heterocycles. The van der Waals surface area contributed by atoms with Crippen molar-refractivity contribution in [1.82, 2.24) is 0 Å². The second-order valence-electron chi connectivity index (χ2n) is 6.66. The van der Waals surface area contributed by atoms with Crippen LogP contribution >= 0.6 is 0 Å². The molecule has 0 heterocycles. The van der Waals surface area contributed by atoms with Gasteiger partial charge in [0.1, 0.15) is 0 Å². The standard InChI is InChI=1S/C14H29NO2/c1-10(2)7-11(3)17-13(16)8-12(15)9-14(4,5)6/h10-12H,7-9,15H2,1-6H3. The molecule has 17 heavy (non-hydrogen) atoms. The van der Waals surface area contributed by atoms with Crippen LogP contribution in [0.5, 0.6) is 0 Å². The molecule has 3 nitrogen and oxygen atoms in total. The molecule has 0 aromatic carbocycles. The molecular weight excluding hydrogens is 214 g/mol. The number of carbonyl (C=O) groups is 1. The van der Waals surface area contributed by atoms with E-state index in [-0.39, 0.29) is 23.5 Å². The third kappa shape index (κ3) is 10.3. The van der Waals surface area contributed by atoms with Gasteiger partial charge in [0.05, 0.1) is 12.5 Å². The van der Waals surface area contributed by atoms with E-state index in [1.165, 1.54) is 0 Å². The second-order valence-corrected chi connectivity index (χ2v) is 6.66. The highest BCUT2D eigenvalue weighted by Crippen LogP contribution is 2.21. The average Bonchev–Trinajstić information content (AvgIpc) is 1.95. The summed E-state index contributed by atoms with van der Waals surface area (Å²) in [6, 6.07) is -0.103. The summed E-state index contributed by atoms with van der Waals surface area (Å²) in [4.78, 5) is 11.6. The molecule has 0 aromatic heterocycles. The van der Waals surface area contributed by atoms with Crippen LogP contribution in [0.25, 0.3) is 0 Å². The third-order valence-corrected chi connectivity index (χ3v) is 2.44. The minimum atomic E-state index is -0.171. The molecule has 2 unspecified atom stereocenters. The van der Waals surface area contributed by atoms with Gasteiger partial charge in [-0.2, -0.15) is 0 Å². The Hall–Kier alpha value is -0.570. The van der Waals surface area contributed by atoms with Crippen LogP contribution in [0.1, 0.15) is 60.8 Å². The average molecular weight is 243 g/mol. The Morgan fingerprint density at radius 3 is 2.18 bits per heavy atom. The molecule has 0 rings (SSSR count). The third-order valence-electron chi connectivity index (χ3n) is 2.44. The predicted molar refractivity (Wildman–Crippen MR) is 71.7 cm³/mol. The maximum absolute atomic E-state index is 11.6. The van der Waals surface area contributed by atoms with Crippen LogP contribution in [-0.2, 0) is 9.53 Å². The van der Waals surface area contributed by atoms with E-state index in [2.05, 4.69) is 34.6 Å². The molecular formula is C14H29NO2. The summed E-state index contributed by atoms with van der Waals surface area (Å²) in [7, 11) is 0. The Morgan fingerprint density at radius 2 is 1.76 bits per heavy atom. The lowest BCUT2D eigenvalue weighted by Crippen LogP contribution is -2.30. The Balaban J connectivity index is 3.93. The Kier molecular flexibility index (Phi) is 6.76. The molecule has 0 saturated heterocycles. The molecule has 0 aliphatic rings. The highest BCUT2D eigenvalue weighted by Gasteiger charge is 2.20. The molecule has 0 spiro atoms. The Bertz CT molecular complexity index is 231. The zero-order chi connectivity index (χ0) is 13.6. The molecule has 0 radical (unpaired) electrons. The fourth-order valence-electron chi connectivity index (χ4n) is 2.06. The van der Waals surface area contributed by atoms with E-state index in [0.717, 1.165) is 12.8 Å². The number of carbonyl (C=O) groups excluding carboxylic acids is 1. The number of ether oxygens (including phenoxy) is 1. The van der Waals surface area contributed by atoms with Gasteiger partial charge in [-0.3, -0.25) is 4.79 Å². The molecule has 0 saturated carbocycles. The van der Waals surface area contributed by atoms with Gasteiger partial charge in [-0.1, -0.05) is 34.6 Å². The Morgan fingerprint density at radius 1 is 1.24 bits per heavy atom. The number of hydrogen-bond acceptors (Lipinski definition) is 3. The van der Waals surface area contributed by atoms with Crippen molar-refractivity contribution in [2.75, 3.05) is 0 Å². The van der Waals surface area contributed by atoms with Crippen LogP contribution in [0.15, 0.2) is 0 Å². The van der Waals surface area contributed by atoms with E-state index in [1.807, 2.05) is 6.92 Å². The molecule has 2 atom stereocenters. The lowest BCUT2D eigenvalue weighted by Gasteiger charge is -2.23. The fraction of sp³-hybridized carbons (Fsp3) is 0.929. The van der Waals surface area contributed by atoms with Crippen molar-refractivity contribution in [3.63, 3.8) is 0 Å². The normalized spacial score (nSPS) is 15.8. The van der Waals surface area contributed by atoms with Crippen LogP contribution in [0, 0.1) is 11.3 Å². The number of esters is 1. The monoisotopic (exact) mass is 243 g/mol. The summed E-state index contributed by atoms with van der Waals surface area (Å²) in [6.07, 6.45) is 2.05. The van der Waals surface area contributed by atoms with Gasteiger partial charge >= 0.3 is 5.97 Å². The zero-order valence-corrected chi connectivity index (χ0v) is 12.2. The number of nitrogens with two attached hydrogens (primary N) is 1. The molecule has 2 N–H and O–H groups in total. The number of hydrogen-bond donors (Lipinski definition) is 1. The van der Waals surface area contributed by atoms with Gasteiger partial charge in [0.25, 0.3) is 0 Å². The molecule has 0 fully saturated rings. The molecule has 3 heteroatoms. The van der Waals surface area contributed by atoms with E-state index in [4.69, 9.17) is 10.5 Å². The molecule has 0 bridgehead atoms. The summed E-state index contributed by atoms with van der Waals surface area (Å²) < 4.78 is 5.33. The van der Waals surface area contributed by atoms with Gasteiger partial charge in [0.15, 0.2) is 0 Å². The van der Waals surface area contributed by atoms with Crippen molar-refractivity contribution < 1.29 is 9.53 Å². The SMILES string of the molecule is CC(C)CC(C)OC(=O)CC(N)CC(C)(C)C. The minimum absolute atomic E-state index is 0.00987. The maximum atomic E-state index is 11.6. The summed E-state index contributed by atoms with van der Waals surface area (Å²) in [5.74, 6) is 0.371. The first-order chi connectivity index (χ1) is 7.60. The Labute approximate surface area is 106 Å². The summed E-state index contributed by atoms with van der Waals surface area (Å²) in [5.41, 5.74) is 6.09. The van der Waals surface area contributed by atoms with Crippen molar-refractivity contribution in [3.05, 3.63) is 0 Å². The van der Waals surface area contributed by atoms with Crippen molar-refractivity contribution in [1.29, 1.82) is 0 Å². The van der Waals surface area contributed by atoms with E-state index < -0.39 is 0 Å². The second kappa shape index (κ2) is 7.00. The molecule has 0 amide bonds. The molecule has 102 valence electrons.